The summed E-state index contributed by atoms with van der Waals surface area (Å²) in [6, 6.07) is 3.28. The molecule has 6 heteroatoms. The van der Waals surface area contributed by atoms with E-state index in [0.717, 1.165) is 37.5 Å². The molecule has 5 nitrogen and oxygen atoms in total. The van der Waals surface area contributed by atoms with Crippen LogP contribution >= 0.6 is 0 Å². The normalized spacial score (nSPS) is 23.7. The molecule has 0 amide bonds. The van der Waals surface area contributed by atoms with Crippen molar-refractivity contribution in [2.75, 3.05) is 0 Å². The molecule has 18 heavy (non-hydrogen) atoms. The Morgan fingerprint density at radius 3 is 2.89 bits per heavy atom. The Balaban J connectivity index is 2.16. The second-order valence-corrected chi connectivity index (χ2v) is 4.54. The van der Waals surface area contributed by atoms with Crippen LogP contribution in [-0.4, -0.2) is 17.1 Å². The summed E-state index contributed by atoms with van der Waals surface area (Å²) in [5.41, 5.74) is 5.61. The molecule has 1 aromatic carbocycles. The zero-order valence-corrected chi connectivity index (χ0v) is 9.84. The number of nitro groups is 1. The molecule has 2 unspecified atom stereocenters. The number of nitrogens with two attached hydrogens (primary N) is 1. The van der Waals surface area contributed by atoms with Gasteiger partial charge in [0.05, 0.1) is 4.92 Å². The highest BCUT2D eigenvalue weighted by Crippen LogP contribution is 2.31. The SMILES string of the molecule is NC1CCCC(Oc2cc(F)ccc2[N+](=O)[O-])C1. The van der Waals surface area contributed by atoms with E-state index in [0.29, 0.717) is 6.42 Å². The molecule has 0 heterocycles. The summed E-state index contributed by atoms with van der Waals surface area (Å²) in [6.45, 7) is 0. The monoisotopic (exact) mass is 254 g/mol. The summed E-state index contributed by atoms with van der Waals surface area (Å²) < 4.78 is 18.7. The molecular weight excluding hydrogens is 239 g/mol. The van der Waals surface area contributed by atoms with E-state index < -0.39 is 10.7 Å². The molecule has 2 N–H and O–H groups in total. The van der Waals surface area contributed by atoms with Gasteiger partial charge in [-0.15, -0.1) is 0 Å². The molecule has 0 aliphatic heterocycles. The quantitative estimate of drug-likeness (QED) is 0.663. The Labute approximate surface area is 104 Å². The molecule has 0 radical (unpaired) electrons. The van der Waals surface area contributed by atoms with Gasteiger partial charge in [0.25, 0.3) is 0 Å². The summed E-state index contributed by atoms with van der Waals surface area (Å²) in [6.07, 6.45) is 3.13. The maximum Gasteiger partial charge on any atom is 0.311 e. The van der Waals surface area contributed by atoms with Crippen LogP contribution in [0.4, 0.5) is 10.1 Å². The van der Waals surface area contributed by atoms with E-state index in [1.165, 1.54) is 0 Å². The number of benzene rings is 1. The Kier molecular flexibility index (Phi) is 3.76. The molecule has 2 rings (SSSR count). The van der Waals surface area contributed by atoms with E-state index >= 15 is 0 Å². The molecule has 1 aliphatic rings. The minimum Gasteiger partial charge on any atom is -0.483 e. The van der Waals surface area contributed by atoms with E-state index in [9.17, 15) is 14.5 Å². The van der Waals surface area contributed by atoms with Gasteiger partial charge in [-0.2, -0.15) is 0 Å². The van der Waals surface area contributed by atoms with Crippen molar-refractivity contribution in [1.82, 2.24) is 0 Å². The van der Waals surface area contributed by atoms with Gasteiger partial charge in [-0.1, -0.05) is 0 Å². The van der Waals surface area contributed by atoms with Gasteiger partial charge in [0, 0.05) is 18.2 Å². The first-order valence-electron chi connectivity index (χ1n) is 5.92. The minimum absolute atomic E-state index is 0.0147. The number of hydrogen-bond acceptors (Lipinski definition) is 4. The summed E-state index contributed by atoms with van der Waals surface area (Å²) in [5, 5.41) is 10.8. The Hall–Kier alpha value is -1.69. The average molecular weight is 254 g/mol. The Morgan fingerprint density at radius 2 is 2.22 bits per heavy atom. The molecular formula is C12H15FN2O3. The van der Waals surface area contributed by atoms with Crippen molar-refractivity contribution in [2.45, 2.75) is 37.8 Å². The molecule has 0 aromatic heterocycles. The molecule has 0 saturated heterocycles. The van der Waals surface area contributed by atoms with Gasteiger partial charge in [-0.3, -0.25) is 10.1 Å². The highest BCUT2D eigenvalue weighted by atomic mass is 19.1. The second-order valence-electron chi connectivity index (χ2n) is 4.54. The van der Waals surface area contributed by atoms with Crippen LogP contribution in [0.3, 0.4) is 0 Å². The van der Waals surface area contributed by atoms with Crippen molar-refractivity contribution in [3.05, 3.63) is 34.1 Å². The molecule has 0 spiro atoms. The van der Waals surface area contributed by atoms with Crippen molar-refractivity contribution in [1.29, 1.82) is 0 Å². The lowest BCUT2D eigenvalue weighted by molar-refractivity contribution is -0.386. The van der Waals surface area contributed by atoms with Gasteiger partial charge >= 0.3 is 5.69 Å². The third kappa shape index (κ3) is 2.95. The van der Waals surface area contributed by atoms with Crippen molar-refractivity contribution in [3.8, 4) is 5.75 Å². The first-order chi connectivity index (χ1) is 8.56. The van der Waals surface area contributed by atoms with Gasteiger partial charge in [-0.25, -0.2) is 4.39 Å². The maximum absolute atomic E-state index is 13.1. The van der Waals surface area contributed by atoms with Crippen LogP contribution in [0.2, 0.25) is 0 Å². The van der Waals surface area contributed by atoms with Crippen molar-refractivity contribution in [2.24, 2.45) is 5.73 Å². The number of hydrogen-bond donors (Lipinski definition) is 1. The predicted molar refractivity (Wildman–Crippen MR) is 63.9 cm³/mol. The van der Waals surface area contributed by atoms with E-state index in [4.69, 9.17) is 10.5 Å². The zero-order chi connectivity index (χ0) is 13.1. The Bertz CT molecular complexity index is 453. The number of nitrogens with zero attached hydrogens (tertiary/aromatic N) is 1. The molecule has 1 aromatic rings. The average Bonchev–Trinajstić information content (AvgIpc) is 2.28. The third-order valence-electron chi connectivity index (χ3n) is 3.08. The van der Waals surface area contributed by atoms with Crippen molar-refractivity contribution in [3.63, 3.8) is 0 Å². The third-order valence-corrected chi connectivity index (χ3v) is 3.08. The second kappa shape index (κ2) is 5.30. The van der Waals surface area contributed by atoms with E-state index in [-0.39, 0.29) is 23.6 Å². The van der Waals surface area contributed by atoms with Crippen molar-refractivity contribution < 1.29 is 14.1 Å². The highest BCUT2D eigenvalue weighted by molar-refractivity contribution is 5.46. The van der Waals surface area contributed by atoms with E-state index in [2.05, 4.69) is 0 Å². The Morgan fingerprint density at radius 1 is 1.44 bits per heavy atom. The fraction of sp³-hybridized carbons (Fsp3) is 0.500. The standard InChI is InChI=1S/C12H15FN2O3/c13-8-4-5-11(15(16)17)12(6-8)18-10-3-1-2-9(14)7-10/h4-6,9-10H,1-3,7,14H2. The predicted octanol–water partition coefficient (Wildman–Crippen LogP) is 2.38. The van der Waals surface area contributed by atoms with Crippen LogP contribution in [0, 0.1) is 15.9 Å². The van der Waals surface area contributed by atoms with Crippen LogP contribution < -0.4 is 10.5 Å². The largest absolute Gasteiger partial charge is 0.483 e. The fourth-order valence-electron chi connectivity index (χ4n) is 2.20. The fourth-order valence-corrected chi connectivity index (χ4v) is 2.20. The summed E-state index contributed by atoms with van der Waals surface area (Å²) in [5.74, 6) is -0.560. The lowest BCUT2D eigenvalue weighted by Crippen LogP contribution is -2.33. The molecule has 1 saturated carbocycles. The summed E-state index contributed by atoms with van der Waals surface area (Å²) in [4.78, 5) is 10.2. The van der Waals surface area contributed by atoms with Crippen LogP contribution in [0.1, 0.15) is 25.7 Å². The molecule has 98 valence electrons. The van der Waals surface area contributed by atoms with Gasteiger partial charge in [-0.05, 0) is 31.7 Å². The number of ether oxygens (including phenoxy) is 1. The summed E-state index contributed by atoms with van der Waals surface area (Å²) >= 11 is 0. The van der Waals surface area contributed by atoms with Crippen LogP contribution in [-0.2, 0) is 0 Å². The lowest BCUT2D eigenvalue weighted by Gasteiger charge is -2.27. The zero-order valence-electron chi connectivity index (χ0n) is 9.84. The van der Waals surface area contributed by atoms with Gasteiger partial charge in [0.1, 0.15) is 11.9 Å². The number of nitro benzene ring substituents is 1. The molecule has 1 aliphatic carbocycles. The van der Waals surface area contributed by atoms with E-state index in [1.807, 2.05) is 0 Å². The lowest BCUT2D eigenvalue weighted by atomic mass is 9.93. The first kappa shape index (κ1) is 12.8. The topological polar surface area (TPSA) is 78.4 Å². The smallest absolute Gasteiger partial charge is 0.311 e. The molecule has 2 atom stereocenters. The minimum atomic E-state index is -0.572. The maximum atomic E-state index is 13.1. The van der Waals surface area contributed by atoms with Crippen LogP contribution in [0.25, 0.3) is 0 Å². The van der Waals surface area contributed by atoms with Crippen LogP contribution in [0.5, 0.6) is 5.75 Å². The van der Waals surface area contributed by atoms with E-state index in [1.54, 1.807) is 0 Å². The van der Waals surface area contributed by atoms with Gasteiger partial charge in [0.2, 0.25) is 0 Å². The van der Waals surface area contributed by atoms with Crippen LogP contribution in [0.15, 0.2) is 18.2 Å². The molecule has 1 fully saturated rings. The van der Waals surface area contributed by atoms with Crippen molar-refractivity contribution >= 4 is 5.69 Å². The van der Waals surface area contributed by atoms with Gasteiger partial charge < -0.3 is 10.5 Å². The first-order valence-corrected chi connectivity index (χ1v) is 5.92. The molecule has 0 bridgehead atoms. The number of rotatable bonds is 3. The highest BCUT2D eigenvalue weighted by Gasteiger charge is 2.24. The summed E-state index contributed by atoms with van der Waals surface area (Å²) in [7, 11) is 0. The number of halogens is 1. The van der Waals surface area contributed by atoms with Gasteiger partial charge in [0.15, 0.2) is 5.75 Å².